The molecule has 0 aliphatic heterocycles. The number of nitrogens with one attached hydrogen (secondary N) is 2. The van der Waals surface area contributed by atoms with E-state index in [0.717, 1.165) is 5.56 Å². The average molecular weight is 328 g/mol. The molecule has 22 heavy (non-hydrogen) atoms. The number of carbonyl (C=O) groups excluding carboxylic acids is 1. The summed E-state index contributed by atoms with van der Waals surface area (Å²) in [6.07, 6.45) is 0.432. The van der Waals surface area contributed by atoms with Crippen molar-refractivity contribution in [1.29, 1.82) is 0 Å². The predicted molar refractivity (Wildman–Crippen MR) is 85.1 cm³/mol. The first-order valence-corrected chi connectivity index (χ1v) is 8.66. The summed E-state index contributed by atoms with van der Waals surface area (Å²) >= 11 is 0. The van der Waals surface area contributed by atoms with E-state index in [1.165, 1.54) is 6.92 Å². The number of sulfonamides is 1. The summed E-state index contributed by atoms with van der Waals surface area (Å²) in [5.74, 6) is -0.417. The zero-order valence-corrected chi connectivity index (χ0v) is 14.3. The van der Waals surface area contributed by atoms with Crippen LogP contribution in [0.2, 0.25) is 0 Å². The van der Waals surface area contributed by atoms with Crippen LogP contribution < -0.4 is 10.0 Å². The second kappa shape index (κ2) is 7.71. The molecule has 0 fully saturated rings. The third-order valence-electron chi connectivity index (χ3n) is 3.23. The quantitative estimate of drug-likeness (QED) is 0.645. The van der Waals surface area contributed by atoms with Crippen molar-refractivity contribution in [3.63, 3.8) is 0 Å². The number of amides is 1. The molecule has 0 aromatic heterocycles. The summed E-state index contributed by atoms with van der Waals surface area (Å²) in [6, 6.07) is 2.71. The van der Waals surface area contributed by atoms with Gasteiger partial charge in [-0.1, -0.05) is 17.7 Å². The van der Waals surface area contributed by atoms with Gasteiger partial charge in [-0.05, 0) is 45.2 Å². The maximum absolute atomic E-state index is 12.5. The van der Waals surface area contributed by atoms with Gasteiger partial charge in [0, 0.05) is 13.2 Å². The van der Waals surface area contributed by atoms with Crippen LogP contribution in [0.4, 0.5) is 0 Å². The predicted octanol–water partition coefficient (Wildman–Crippen LogP) is 0.777. The topological polar surface area (TPSA) is 95.5 Å². The molecule has 1 aromatic carbocycles. The van der Waals surface area contributed by atoms with Crippen LogP contribution in [0.3, 0.4) is 0 Å². The number of aryl methyl sites for hydroxylation is 3. The van der Waals surface area contributed by atoms with Gasteiger partial charge in [0.25, 0.3) is 0 Å². The highest BCUT2D eigenvalue weighted by atomic mass is 32.2. The third kappa shape index (κ3) is 4.79. The van der Waals surface area contributed by atoms with Crippen molar-refractivity contribution in [2.24, 2.45) is 0 Å². The first kappa shape index (κ1) is 18.6. The van der Waals surface area contributed by atoms with Crippen molar-refractivity contribution in [3.8, 4) is 0 Å². The normalized spacial score (nSPS) is 13.0. The molecular weight excluding hydrogens is 304 g/mol. The van der Waals surface area contributed by atoms with E-state index in [2.05, 4.69) is 10.0 Å². The molecule has 124 valence electrons. The van der Waals surface area contributed by atoms with Gasteiger partial charge in [0.05, 0.1) is 10.9 Å². The van der Waals surface area contributed by atoms with E-state index in [1.54, 1.807) is 26.0 Å². The van der Waals surface area contributed by atoms with Gasteiger partial charge in [0.1, 0.15) is 0 Å². The van der Waals surface area contributed by atoms with Gasteiger partial charge in [-0.25, -0.2) is 8.42 Å². The minimum Gasteiger partial charge on any atom is -0.396 e. The molecule has 1 amide bonds. The molecule has 0 saturated heterocycles. The molecule has 0 radical (unpaired) electrons. The Morgan fingerprint density at radius 1 is 1.23 bits per heavy atom. The monoisotopic (exact) mass is 328 g/mol. The summed E-state index contributed by atoms with van der Waals surface area (Å²) in [4.78, 5) is 12.0. The lowest BCUT2D eigenvalue weighted by molar-refractivity contribution is -0.122. The number of benzene rings is 1. The Morgan fingerprint density at radius 3 is 2.27 bits per heavy atom. The summed E-state index contributed by atoms with van der Waals surface area (Å²) in [6.45, 7) is 7.15. The zero-order valence-electron chi connectivity index (χ0n) is 13.4. The van der Waals surface area contributed by atoms with Crippen molar-refractivity contribution < 1.29 is 18.3 Å². The van der Waals surface area contributed by atoms with E-state index in [1.807, 2.05) is 6.92 Å². The molecule has 1 unspecified atom stereocenters. The van der Waals surface area contributed by atoms with Crippen molar-refractivity contribution >= 4 is 15.9 Å². The lowest BCUT2D eigenvalue weighted by Gasteiger charge is -2.17. The largest absolute Gasteiger partial charge is 0.396 e. The maximum atomic E-state index is 12.5. The van der Waals surface area contributed by atoms with Gasteiger partial charge in [-0.2, -0.15) is 4.72 Å². The Balaban J connectivity index is 2.90. The first-order valence-electron chi connectivity index (χ1n) is 7.17. The number of rotatable bonds is 7. The summed E-state index contributed by atoms with van der Waals surface area (Å²) in [5, 5.41) is 11.2. The number of hydrogen-bond acceptors (Lipinski definition) is 4. The molecule has 1 rings (SSSR count). The Bertz CT molecular complexity index is 618. The molecular formula is C15H24N2O4S. The third-order valence-corrected chi connectivity index (χ3v) is 5.08. The highest BCUT2D eigenvalue weighted by Gasteiger charge is 2.24. The van der Waals surface area contributed by atoms with Crippen LogP contribution in [0.25, 0.3) is 0 Å². The Labute approximate surface area is 132 Å². The molecule has 1 atom stereocenters. The summed E-state index contributed by atoms with van der Waals surface area (Å²) in [7, 11) is -3.77. The van der Waals surface area contributed by atoms with Crippen LogP contribution in [0, 0.1) is 20.8 Å². The molecule has 0 aliphatic rings. The minimum absolute atomic E-state index is 0.0257. The summed E-state index contributed by atoms with van der Waals surface area (Å²) in [5.41, 5.74) is 2.29. The van der Waals surface area contributed by atoms with Gasteiger partial charge in [0.2, 0.25) is 15.9 Å². The fourth-order valence-corrected chi connectivity index (χ4v) is 4.04. The van der Waals surface area contributed by atoms with Gasteiger partial charge >= 0.3 is 0 Å². The van der Waals surface area contributed by atoms with Crippen LogP contribution in [-0.4, -0.2) is 38.6 Å². The van der Waals surface area contributed by atoms with Gasteiger partial charge in [0.15, 0.2) is 0 Å². The Morgan fingerprint density at radius 2 is 1.77 bits per heavy atom. The van der Waals surface area contributed by atoms with Gasteiger partial charge in [-0.3, -0.25) is 4.79 Å². The second-order valence-corrected chi connectivity index (χ2v) is 7.09. The van der Waals surface area contributed by atoms with Crippen LogP contribution >= 0.6 is 0 Å². The molecule has 7 heteroatoms. The van der Waals surface area contributed by atoms with Crippen molar-refractivity contribution in [3.05, 3.63) is 28.8 Å². The van der Waals surface area contributed by atoms with E-state index in [4.69, 9.17) is 5.11 Å². The van der Waals surface area contributed by atoms with Crippen LogP contribution in [-0.2, 0) is 14.8 Å². The standard InChI is InChI=1S/C15H24N2O4S/c1-10-8-11(2)14(12(3)9-10)22(20,21)17-13(4)15(19)16-6-5-7-18/h8-9,13,17-18H,5-7H2,1-4H3,(H,16,19). The Kier molecular flexibility index (Phi) is 6.52. The lowest BCUT2D eigenvalue weighted by atomic mass is 10.1. The van der Waals surface area contributed by atoms with E-state index in [0.29, 0.717) is 24.1 Å². The van der Waals surface area contributed by atoms with E-state index in [9.17, 15) is 13.2 Å². The molecule has 6 nitrogen and oxygen atoms in total. The lowest BCUT2D eigenvalue weighted by Crippen LogP contribution is -2.45. The average Bonchev–Trinajstić information content (AvgIpc) is 2.36. The number of carbonyl (C=O) groups is 1. The van der Waals surface area contributed by atoms with E-state index < -0.39 is 22.0 Å². The highest BCUT2D eigenvalue weighted by Crippen LogP contribution is 2.21. The Hall–Kier alpha value is -1.44. The minimum atomic E-state index is -3.77. The SMILES string of the molecule is Cc1cc(C)c(S(=O)(=O)NC(C)C(=O)NCCCO)c(C)c1. The molecule has 0 bridgehead atoms. The van der Waals surface area contributed by atoms with E-state index in [-0.39, 0.29) is 11.5 Å². The maximum Gasteiger partial charge on any atom is 0.241 e. The van der Waals surface area contributed by atoms with Crippen molar-refractivity contribution in [2.45, 2.75) is 45.1 Å². The second-order valence-electron chi connectivity index (χ2n) is 5.44. The van der Waals surface area contributed by atoms with Crippen LogP contribution in [0.15, 0.2) is 17.0 Å². The smallest absolute Gasteiger partial charge is 0.241 e. The molecule has 0 spiro atoms. The van der Waals surface area contributed by atoms with E-state index >= 15 is 0 Å². The molecule has 3 N–H and O–H groups in total. The molecule has 0 heterocycles. The fraction of sp³-hybridized carbons (Fsp3) is 0.533. The van der Waals surface area contributed by atoms with Crippen LogP contribution in [0.1, 0.15) is 30.0 Å². The molecule has 0 aliphatic carbocycles. The number of hydrogen-bond donors (Lipinski definition) is 3. The number of aliphatic hydroxyl groups excluding tert-OH is 1. The zero-order chi connectivity index (χ0) is 16.9. The summed E-state index contributed by atoms with van der Waals surface area (Å²) < 4.78 is 27.4. The molecule has 0 saturated carbocycles. The fourth-order valence-electron chi connectivity index (χ4n) is 2.38. The van der Waals surface area contributed by atoms with Crippen LogP contribution in [0.5, 0.6) is 0 Å². The van der Waals surface area contributed by atoms with Crippen molar-refractivity contribution in [2.75, 3.05) is 13.2 Å². The number of aliphatic hydroxyl groups is 1. The van der Waals surface area contributed by atoms with Crippen molar-refractivity contribution in [1.82, 2.24) is 10.0 Å². The molecule has 1 aromatic rings. The van der Waals surface area contributed by atoms with Gasteiger partial charge < -0.3 is 10.4 Å². The highest BCUT2D eigenvalue weighted by molar-refractivity contribution is 7.89. The first-order chi connectivity index (χ1) is 10.2. The van der Waals surface area contributed by atoms with Gasteiger partial charge in [-0.15, -0.1) is 0 Å².